The van der Waals surface area contributed by atoms with Crippen LogP contribution < -0.4 is 15.0 Å². The molecular weight excluding hydrogens is 430 g/mol. The normalized spacial score (nSPS) is 20.3. The highest BCUT2D eigenvalue weighted by Gasteiger charge is 2.26. The highest BCUT2D eigenvalue weighted by Crippen LogP contribution is 2.42. The molecule has 0 unspecified atom stereocenters. The lowest BCUT2D eigenvalue weighted by Gasteiger charge is -2.31. The Morgan fingerprint density at radius 2 is 2.09 bits per heavy atom. The van der Waals surface area contributed by atoms with Gasteiger partial charge >= 0.3 is 0 Å². The lowest BCUT2D eigenvalue weighted by atomic mass is 9.92. The number of rotatable bonds is 7. The number of nitrogens with one attached hydrogen (secondary N) is 1. The van der Waals surface area contributed by atoms with Crippen LogP contribution in [-0.2, 0) is 9.53 Å². The van der Waals surface area contributed by atoms with Gasteiger partial charge in [-0.1, -0.05) is 6.08 Å². The molecule has 8 nitrogen and oxygen atoms in total. The Balaban J connectivity index is 1.53. The maximum Gasteiger partial charge on any atom is 0.223 e. The Morgan fingerprint density at radius 3 is 2.74 bits per heavy atom. The number of hydrogen-bond acceptors (Lipinski definition) is 7. The van der Waals surface area contributed by atoms with Crippen LogP contribution in [0, 0.1) is 6.92 Å². The molecule has 2 aromatic rings. The molecule has 0 spiro atoms. The van der Waals surface area contributed by atoms with Gasteiger partial charge < -0.3 is 19.7 Å². The zero-order chi connectivity index (χ0) is 24.1. The molecule has 1 aliphatic carbocycles. The molecule has 1 aromatic heterocycles. The second-order valence-electron chi connectivity index (χ2n) is 8.86. The van der Waals surface area contributed by atoms with E-state index in [0.717, 1.165) is 49.3 Å². The molecule has 2 aliphatic rings. The average Bonchev–Trinajstić information content (AvgIpc) is 2.85. The van der Waals surface area contributed by atoms with E-state index in [1.165, 1.54) is 12.5 Å². The second kappa shape index (κ2) is 10.8. The summed E-state index contributed by atoms with van der Waals surface area (Å²) in [6.07, 6.45) is 8.51. The predicted octanol–water partition coefficient (Wildman–Crippen LogP) is 4.71. The summed E-state index contributed by atoms with van der Waals surface area (Å²) in [6, 6.07) is 6.27. The summed E-state index contributed by atoms with van der Waals surface area (Å²) in [7, 11) is 1.75. The highest BCUT2D eigenvalue weighted by molar-refractivity contribution is 5.97. The van der Waals surface area contributed by atoms with E-state index in [9.17, 15) is 4.79 Å². The number of aromatic nitrogens is 2. The van der Waals surface area contributed by atoms with Crippen LogP contribution >= 0.6 is 0 Å². The number of ether oxygens (including phenoxy) is 2. The molecule has 34 heavy (non-hydrogen) atoms. The topological polar surface area (TPSA) is 88.9 Å². The number of nitrogens with zero attached hydrogens (tertiary/aromatic N) is 4. The van der Waals surface area contributed by atoms with Gasteiger partial charge in [-0.15, -0.1) is 0 Å². The van der Waals surface area contributed by atoms with E-state index < -0.39 is 0 Å². The Hall–Kier alpha value is -3.26. The molecule has 1 saturated carbocycles. The molecule has 0 radical (unpaired) electrons. The summed E-state index contributed by atoms with van der Waals surface area (Å²) in [5.74, 6) is 2.21. The van der Waals surface area contributed by atoms with Crippen molar-refractivity contribution in [2.45, 2.75) is 58.1 Å². The van der Waals surface area contributed by atoms with Crippen LogP contribution in [0.15, 0.2) is 35.5 Å². The van der Waals surface area contributed by atoms with E-state index >= 15 is 0 Å². The second-order valence-corrected chi connectivity index (χ2v) is 8.86. The fourth-order valence-electron chi connectivity index (χ4n) is 4.52. The van der Waals surface area contributed by atoms with Crippen LogP contribution in [0.2, 0.25) is 0 Å². The minimum Gasteiger partial charge on any atom is -0.488 e. The van der Waals surface area contributed by atoms with Gasteiger partial charge in [0.1, 0.15) is 23.1 Å². The van der Waals surface area contributed by atoms with Crippen molar-refractivity contribution in [2.24, 2.45) is 4.99 Å². The first-order chi connectivity index (χ1) is 16.4. The lowest BCUT2D eigenvalue weighted by Crippen LogP contribution is -2.32. The number of carbonyl (C=O) groups excluding carboxylic acids is 1. The van der Waals surface area contributed by atoms with Gasteiger partial charge in [0.2, 0.25) is 5.91 Å². The molecule has 4 rings (SSSR count). The molecule has 1 aromatic carbocycles. The van der Waals surface area contributed by atoms with Gasteiger partial charge in [0.15, 0.2) is 0 Å². The molecule has 1 aliphatic heterocycles. The molecule has 0 saturated heterocycles. The Labute approximate surface area is 201 Å². The van der Waals surface area contributed by atoms with E-state index in [1.807, 2.05) is 25.1 Å². The van der Waals surface area contributed by atoms with Crippen molar-refractivity contribution in [1.29, 1.82) is 0 Å². The number of amides is 1. The van der Waals surface area contributed by atoms with Crippen LogP contribution in [0.5, 0.6) is 5.75 Å². The standard InChI is InChI=1S/C26H33N5O3/c1-17-28-12-9-25(29-17)30-21-5-7-22(8-6-21)34-24-16-20(19-10-13-33-14-11-19)15-23(27-3)26(24)31(4)18(2)32/h9-10,12,15-16,21-22H,3,5-8,11,13-14H2,1-2,4H3,(H,28,29,30)/t21-,22+. The summed E-state index contributed by atoms with van der Waals surface area (Å²) in [5, 5.41) is 3.52. The van der Waals surface area contributed by atoms with E-state index in [4.69, 9.17) is 9.47 Å². The number of anilines is 2. The summed E-state index contributed by atoms with van der Waals surface area (Å²) in [5.41, 5.74) is 3.55. The van der Waals surface area contributed by atoms with Gasteiger partial charge in [-0.2, -0.15) is 0 Å². The maximum atomic E-state index is 12.2. The first kappa shape index (κ1) is 23.9. The van der Waals surface area contributed by atoms with Crippen molar-refractivity contribution in [3.8, 4) is 5.75 Å². The largest absolute Gasteiger partial charge is 0.488 e. The molecule has 1 fully saturated rings. The molecule has 2 heterocycles. The zero-order valence-electron chi connectivity index (χ0n) is 20.2. The van der Waals surface area contributed by atoms with E-state index in [2.05, 4.69) is 33.1 Å². The molecule has 1 N–H and O–H groups in total. The Bertz CT molecular complexity index is 1080. The van der Waals surface area contributed by atoms with Gasteiger partial charge in [0, 0.05) is 26.2 Å². The van der Waals surface area contributed by atoms with Crippen molar-refractivity contribution in [3.05, 3.63) is 41.9 Å². The third kappa shape index (κ3) is 5.62. The maximum absolute atomic E-state index is 12.2. The number of aryl methyl sites for hydroxylation is 1. The summed E-state index contributed by atoms with van der Waals surface area (Å²) in [6.45, 7) is 8.48. The third-order valence-electron chi connectivity index (χ3n) is 6.46. The van der Waals surface area contributed by atoms with Gasteiger partial charge in [-0.05, 0) is 75.1 Å². The number of aliphatic imine (C=N–C) groups is 1. The quantitative estimate of drug-likeness (QED) is 0.599. The van der Waals surface area contributed by atoms with Crippen LogP contribution in [0.1, 0.15) is 50.4 Å². The van der Waals surface area contributed by atoms with Gasteiger partial charge in [0.25, 0.3) is 0 Å². The molecule has 0 bridgehead atoms. The van der Waals surface area contributed by atoms with Crippen LogP contribution in [0.4, 0.5) is 17.2 Å². The van der Waals surface area contributed by atoms with Gasteiger partial charge in [-0.3, -0.25) is 9.79 Å². The third-order valence-corrected chi connectivity index (χ3v) is 6.46. The first-order valence-corrected chi connectivity index (χ1v) is 11.8. The fourth-order valence-corrected chi connectivity index (χ4v) is 4.52. The lowest BCUT2D eigenvalue weighted by molar-refractivity contribution is -0.116. The van der Waals surface area contributed by atoms with Crippen molar-refractivity contribution in [2.75, 3.05) is 30.5 Å². The van der Waals surface area contributed by atoms with Crippen molar-refractivity contribution < 1.29 is 14.3 Å². The minimum atomic E-state index is -0.0826. The first-order valence-electron chi connectivity index (χ1n) is 11.8. The van der Waals surface area contributed by atoms with Crippen molar-refractivity contribution in [1.82, 2.24) is 9.97 Å². The molecule has 8 heteroatoms. The predicted molar refractivity (Wildman–Crippen MR) is 135 cm³/mol. The number of hydrogen-bond donors (Lipinski definition) is 1. The van der Waals surface area contributed by atoms with Crippen LogP contribution in [-0.4, -0.2) is 55.0 Å². The molecule has 180 valence electrons. The SMILES string of the molecule is C=Nc1cc(C2=CCOCC2)cc(O[C@H]2CC[C@@H](Nc3ccnc(C)n3)CC2)c1N(C)C(C)=O. The van der Waals surface area contributed by atoms with Crippen LogP contribution in [0.25, 0.3) is 5.57 Å². The van der Waals surface area contributed by atoms with E-state index in [0.29, 0.717) is 36.4 Å². The van der Waals surface area contributed by atoms with Crippen molar-refractivity contribution in [3.63, 3.8) is 0 Å². The summed E-state index contributed by atoms with van der Waals surface area (Å²) in [4.78, 5) is 26.7. The Kier molecular flexibility index (Phi) is 7.57. The Morgan fingerprint density at radius 1 is 1.29 bits per heavy atom. The van der Waals surface area contributed by atoms with E-state index in [1.54, 1.807) is 18.1 Å². The molecule has 1 amide bonds. The number of benzene rings is 1. The minimum absolute atomic E-state index is 0.0564. The van der Waals surface area contributed by atoms with Crippen molar-refractivity contribution >= 4 is 35.4 Å². The van der Waals surface area contributed by atoms with Gasteiger partial charge in [-0.25, -0.2) is 9.97 Å². The van der Waals surface area contributed by atoms with Crippen LogP contribution in [0.3, 0.4) is 0 Å². The molecular formula is C26H33N5O3. The number of carbonyl (C=O) groups is 1. The van der Waals surface area contributed by atoms with Gasteiger partial charge in [0.05, 0.1) is 25.0 Å². The average molecular weight is 464 g/mol. The smallest absolute Gasteiger partial charge is 0.223 e. The summed E-state index contributed by atoms with van der Waals surface area (Å²) < 4.78 is 12.0. The molecule has 0 atom stereocenters. The highest BCUT2D eigenvalue weighted by atomic mass is 16.5. The zero-order valence-corrected chi connectivity index (χ0v) is 20.2. The monoisotopic (exact) mass is 463 g/mol. The van der Waals surface area contributed by atoms with E-state index in [-0.39, 0.29) is 12.0 Å². The fraction of sp³-hybridized carbons (Fsp3) is 0.462. The summed E-state index contributed by atoms with van der Waals surface area (Å²) >= 11 is 0.